The average molecular weight is 550 g/mol. The van der Waals surface area contributed by atoms with Crippen molar-refractivity contribution in [1.29, 1.82) is 0 Å². The molecule has 1 aliphatic rings. The smallest absolute Gasteiger partial charge is 0.454 e. The molecule has 0 saturated heterocycles. The van der Waals surface area contributed by atoms with Crippen molar-refractivity contribution in [2.24, 2.45) is 0 Å². The molecule has 7 nitrogen and oxygen atoms in total. The van der Waals surface area contributed by atoms with Gasteiger partial charge in [0.05, 0.1) is 22.5 Å². The second-order valence-corrected chi connectivity index (χ2v) is 9.04. The first kappa shape index (κ1) is 28.6. The molecule has 0 aliphatic carbocycles. The van der Waals surface area contributed by atoms with E-state index in [1.54, 1.807) is 18.3 Å². The average Bonchev–Trinajstić information content (AvgIpc) is 3.42. The standard InChI is InChI=1S/C30H30N4O3.Fe/c1-8-20-19(7)29-34-27(20)15-25-18(6)22(10-11-28(35)36)23(32-25)12-13-31-24(16(3)4)14-26-17(5)21(9-2)30(33-26)37-29;/h8-9,12-15H,1-3,10-11H2,4-7H3,(H2-,31,32,33,34,35,36);. The van der Waals surface area contributed by atoms with Gasteiger partial charge in [-0.25, -0.2) is 4.42 Å². The number of aliphatic carboxylic acids is 1. The zero-order valence-electron chi connectivity index (χ0n) is 22.0. The molecule has 0 spiro atoms. The van der Waals surface area contributed by atoms with Crippen molar-refractivity contribution >= 4 is 51.0 Å². The Bertz CT molecular complexity index is 1660. The summed E-state index contributed by atoms with van der Waals surface area (Å²) < 4.78 is 6.23. The molecular formula is C30H30FeN4O3. The van der Waals surface area contributed by atoms with E-state index >= 15 is 0 Å². The van der Waals surface area contributed by atoms with Gasteiger partial charge in [-0.15, -0.1) is 5.52 Å². The van der Waals surface area contributed by atoms with Crippen LogP contribution >= 0.6 is 0 Å². The molecule has 0 saturated carbocycles. The second-order valence-electron chi connectivity index (χ2n) is 9.04. The van der Waals surface area contributed by atoms with E-state index in [1.807, 2.05) is 45.9 Å². The van der Waals surface area contributed by atoms with Crippen LogP contribution in [-0.4, -0.2) is 26.0 Å². The van der Waals surface area contributed by atoms with E-state index in [9.17, 15) is 9.90 Å². The van der Waals surface area contributed by atoms with E-state index in [1.165, 1.54) is 0 Å². The number of rotatable bonds is 6. The summed E-state index contributed by atoms with van der Waals surface area (Å²) >= 11 is 0. The summed E-state index contributed by atoms with van der Waals surface area (Å²) in [4.78, 5) is 28.9. The van der Waals surface area contributed by atoms with Gasteiger partial charge in [0.2, 0.25) is 0 Å². The molecule has 0 aromatic carbocycles. The van der Waals surface area contributed by atoms with Gasteiger partial charge in [-0.05, 0) is 62.9 Å². The van der Waals surface area contributed by atoms with E-state index in [-0.39, 0.29) is 23.5 Å². The van der Waals surface area contributed by atoms with Crippen molar-refractivity contribution < 1.29 is 31.4 Å². The molecule has 0 amide bonds. The Labute approximate surface area is 232 Å². The van der Waals surface area contributed by atoms with E-state index in [0.29, 0.717) is 34.9 Å². The summed E-state index contributed by atoms with van der Waals surface area (Å²) in [5, 5.41) is 9.28. The zero-order valence-corrected chi connectivity index (χ0v) is 23.1. The molecule has 1 aliphatic heterocycles. The molecular weight excluding hydrogens is 520 g/mol. The van der Waals surface area contributed by atoms with E-state index in [0.717, 1.165) is 50.0 Å². The van der Waals surface area contributed by atoms with Crippen LogP contribution in [0.3, 0.4) is 0 Å². The van der Waals surface area contributed by atoms with Crippen molar-refractivity contribution in [3.8, 4) is 0 Å². The summed E-state index contributed by atoms with van der Waals surface area (Å²) in [5.41, 5.74) is 10.1. The number of aryl methyl sites for hydroxylation is 3. The van der Waals surface area contributed by atoms with Crippen LogP contribution in [-0.2, 0) is 28.3 Å². The fourth-order valence-electron chi connectivity index (χ4n) is 4.38. The number of carboxylic acid groups (broad SMARTS) is 1. The topological polar surface area (TPSA) is 104 Å². The summed E-state index contributed by atoms with van der Waals surface area (Å²) in [5.74, 6) is -0.416. The number of nitrogens with zero attached hydrogens (tertiary/aromatic N) is 3. The van der Waals surface area contributed by atoms with Crippen molar-refractivity contribution in [2.75, 3.05) is 0 Å². The van der Waals surface area contributed by atoms with Crippen LogP contribution in [0.5, 0.6) is 0 Å². The first-order valence-electron chi connectivity index (χ1n) is 11.9. The van der Waals surface area contributed by atoms with Gasteiger partial charge in [0, 0.05) is 46.3 Å². The van der Waals surface area contributed by atoms with Crippen molar-refractivity contribution in [3.05, 3.63) is 89.7 Å². The number of H-pyrrole nitrogens is 1. The van der Waals surface area contributed by atoms with Crippen LogP contribution in [0.1, 0.15) is 59.8 Å². The third-order valence-electron chi connectivity index (χ3n) is 6.55. The Morgan fingerprint density at radius 1 is 1.16 bits per heavy atom. The number of fused-ring (bicyclic) bond motifs is 6. The van der Waals surface area contributed by atoms with Crippen LogP contribution in [0, 0.1) is 13.8 Å². The predicted molar refractivity (Wildman–Crippen MR) is 150 cm³/mol. The third-order valence-corrected chi connectivity index (χ3v) is 6.55. The van der Waals surface area contributed by atoms with Gasteiger partial charge in [0.1, 0.15) is 0 Å². The molecule has 4 heterocycles. The molecule has 6 bridgehead atoms. The van der Waals surface area contributed by atoms with Gasteiger partial charge in [-0.1, -0.05) is 43.5 Å². The Balaban J connectivity index is 0.00000400. The largest absolute Gasteiger partial charge is 0.571 e. The van der Waals surface area contributed by atoms with Gasteiger partial charge in [0.15, 0.2) is 0 Å². The molecule has 3 aromatic heterocycles. The number of nitrogens with one attached hydrogen (secondary N) is 1. The van der Waals surface area contributed by atoms with E-state index in [2.05, 4.69) is 29.7 Å². The molecule has 0 unspecified atom stereocenters. The van der Waals surface area contributed by atoms with Gasteiger partial charge in [-0.3, -0.25) is 9.78 Å². The third kappa shape index (κ3) is 5.47. The molecule has 38 heavy (non-hydrogen) atoms. The molecule has 0 radical (unpaired) electrons. The maximum absolute atomic E-state index is 11.3. The molecule has 0 fully saturated rings. The SMILES string of the molecule is C=CC1=C(C)c2nc1cc1[nH]c(ccnc(C(=C)C)cc3[n-]c([o+]2)c(C=C)c3C)c(CCC(=O)O)c1C.[Fe]. The Morgan fingerprint density at radius 2 is 1.89 bits per heavy atom. The minimum absolute atomic E-state index is 0. The normalized spacial score (nSPS) is 11.6. The summed E-state index contributed by atoms with van der Waals surface area (Å²) in [6, 6.07) is 5.65. The molecule has 3 aromatic rings. The van der Waals surface area contributed by atoms with Gasteiger partial charge >= 0.3 is 11.9 Å². The maximum atomic E-state index is 11.3. The maximum Gasteiger partial charge on any atom is 0.454 e. The van der Waals surface area contributed by atoms with Crippen molar-refractivity contribution in [2.45, 2.75) is 40.5 Å². The van der Waals surface area contributed by atoms with E-state index < -0.39 is 5.97 Å². The first-order chi connectivity index (χ1) is 17.6. The first-order valence-corrected chi connectivity index (χ1v) is 11.9. The zero-order chi connectivity index (χ0) is 26.9. The molecule has 4 rings (SSSR count). The predicted octanol–water partition coefficient (Wildman–Crippen LogP) is 6.93. The summed E-state index contributed by atoms with van der Waals surface area (Å²) in [6.45, 7) is 19.7. The number of carbonyl (C=O) groups is 1. The Kier molecular flexibility index (Phi) is 8.71. The van der Waals surface area contributed by atoms with Crippen molar-refractivity contribution in [3.63, 3.8) is 0 Å². The van der Waals surface area contributed by atoms with Crippen LogP contribution in [0.15, 0.2) is 54.6 Å². The van der Waals surface area contributed by atoms with Gasteiger partial charge in [0.25, 0.3) is 5.71 Å². The second kappa shape index (κ2) is 11.6. The number of aromatic amines is 1. The van der Waals surface area contributed by atoms with E-state index in [4.69, 9.17) is 14.4 Å². The van der Waals surface area contributed by atoms with Crippen LogP contribution in [0.4, 0.5) is 0 Å². The van der Waals surface area contributed by atoms with Gasteiger partial charge < -0.3 is 15.1 Å². The number of hydrogen-bond donors (Lipinski definition) is 2. The fourth-order valence-corrected chi connectivity index (χ4v) is 4.38. The number of allylic oxidation sites excluding steroid dienone is 4. The quantitative estimate of drug-likeness (QED) is 0.255. The summed E-state index contributed by atoms with van der Waals surface area (Å²) in [7, 11) is 0. The number of hydrogen-bond acceptors (Lipinski definition) is 3. The van der Waals surface area contributed by atoms with Crippen LogP contribution in [0.25, 0.3) is 45.1 Å². The molecule has 8 heteroatoms. The number of carboxylic acids is 1. The van der Waals surface area contributed by atoms with Crippen LogP contribution in [0.2, 0.25) is 0 Å². The minimum atomic E-state index is -0.851. The Hall–Kier alpha value is -4.00. The number of aromatic nitrogens is 4. The molecule has 0 atom stereocenters. The molecule has 2 N–H and O–H groups in total. The summed E-state index contributed by atoms with van der Waals surface area (Å²) in [6.07, 6.45) is 5.57. The Morgan fingerprint density at radius 3 is 2.53 bits per heavy atom. The molecule has 196 valence electrons. The monoisotopic (exact) mass is 550 g/mol. The van der Waals surface area contributed by atoms with Crippen molar-refractivity contribution in [1.82, 2.24) is 19.9 Å². The van der Waals surface area contributed by atoms with Gasteiger partial charge in [-0.2, -0.15) is 4.98 Å². The van der Waals surface area contributed by atoms with Crippen LogP contribution < -0.4 is 4.98 Å². The fraction of sp³-hybridized carbons (Fsp3) is 0.200. The minimum Gasteiger partial charge on any atom is -0.571 e.